The minimum absolute atomic E-state index is 0.0451. The third-order valence-electron chi connectivity index (χ3n) is 3.12. The molecule has 1 fully saturated rings. The van der Waals surface area contributed by atoms with Gasteiger partial charge in [0.2, 0.25) is 5.91 Å². The van der Waals surface area contributed by atoms with Gasteiger partial charge >= 0.3 is 0 Å². The lowest BCUT2D eigenvalue weighted by Gasteiger charge is -2.31. The van der Waals surface area contributed by atoms with E-state index in [-0.39, 0.29) is 18.9 Å². The van der Waals surface area contributed by atoms with Crippen molar-refractivity contribution in [3.63, 3.8) is 0 Å². The standard InChI is InChI=1S/C11H22N2O2/c1-12-6-3-10(4-7-12)9-13(2)11(15)5-8-14/h10,14H,3-9H2,1-2H3. The number of rotatable bonds is 4. The summed E-state index contributed by atoms with van der Waals surface area (Å²) >= 11 is 0. The minimum Gasteiger partial charge on any atom is -0.396 e. The SMILES string of the molecule is CN1CCC(CN(C)C(=O)CCO)CC1. The molecule has 0 aromatic heterocycles. The molecule has 0 bridgehead atoms. The van der Waals surface area contributed by atoms with E-state index in [0.717, 1.165) is 19.6 Å². The first kappa shape index (κ1) is 12.5. The normalized spacial score (nSPS) is 19.1. The van der Waals surface area contributed by atoms with Gasteiger partial charge in [0, 0.05) is 20.0 Å². The number of carbonyl (C=O) groups excluding carboxylic acids is 1. The van der Waals surface area contributed by atoms with Crippen molar-refractivity contribution in [1.82, 2.24) is 9.80 Å². The van der Waals surface area contributed by atoms with E-state index in [1.54, 1.807) is 4.90 Å². The van der Waals surface area contributed by atoms with Crippen molar-refractivity contribution in [3.05, 3.63) is 0 Å². The Morgan fingerprint density at radius 3 is 2.60 bits per heavy atom. The molecule has 15 heavy (non-hydrogen) atoms. The van der Waals surface area contributed by atoms with Crippen LogP contribution in [0.2, 0.25) is 0 Å². The van der Waals surface area contributed by atoms with Gasteiger partial charge in [-0.05, 0) is 38.9 Å². The van der Waals surface area contributed by atoms with E-state index in [2.05, 4.69) is 11.9 Å². The summed E-state index contributed by atoms with van der Waals surface area (Å²) in [6, 6.07) is 0. The highest BCUT2D eigenvalue weighted by Gasteiger charge is 2.19. The van der Waals surface area contributed by atoms with Crippen LogP contribution in [0.5, 0.6) is 0 Å². The van der Waals surface area contributed by atoms with Gasteiger partial charge in [0.25, 0.3) is 0 Å². The zero-order valence-electron chi connectivity index (χ0n) is 9.78. The largest absolute Gasteiger partial charge is 0.396 e. The number of hydrogen-bond acceptors (Lipinski definition) is 3. The minimum atomic E-state index is -0.0451. The molecule has 1 saturated heterocycles. The number of nitrogens with zero attached hydrogens (tertiary/aromatic N) is 2. The molecule has 0 aliphatic carbocycles. The Balaban J connectivity index is 2.25. The van der Waals surface area contributed by atoms with Crippen molar-refractivity contribution < 1.29 is 9.90 Å². The van der Waals surface area contributed by atoms with Crippen molar-refractivity contribution in [2.24, 2.45) is 5.92 Å². The van der Waals surface area contributed by atoms with Crippen LogP contribution in [-0.4, -0.2) is 61.2 Å². The molecule has 4 heteroatoms. The van der Waals surface area contributed by atoms with Gasteiger partial charge in [0.15, 0.2) is 0 Å². The second-order valence-corrected chi connectivity index (χ2v) is 4.49. The highest BCUT2D eigenvalue weighted by atomic mass is 16.3. The molecule has 1 heterocycles. The fraction of sp³-hybridized carbons (Fsp3) is 0.909. The Kier molecular flexibility index (Phi) is 5.05. The smallest absolute Gasteiger partial charge is 0.224 e. The summed E-state index contributed by atoms with van der Waals surface area (Å²) in [6.45, 7) is 3.06. The Morgan fingerprint density at radius 1 is 1.47 bits per heavy atom. The van der Waals surface area contributed by atoms with Crippen molar-refractivity contribution in [2.75, 3.05) is 40.3 Å². The molecule has 0 saturated carbocycles. The van der Waals surface area contributed by atoms with Gasteiger partial charge in [-0.1, -0.05) is 0 Å². The van der Waals surface area contributed by atoms with Crippen LogP contribution >= 0.6 is 0 Å². The van der Waals surface area contributed by atoms with Gasteiger partial charge in [0.1, 0.15) is 0 Å². The van der Waals surface area contributed by atoms with Crippen LogP contribution in [0.15, 0.2) is 0 Å². The number of piperidine rings is 1. The predicted molar refractivity (Wildman–Crippen MR) is 59.6 cm³/mol. The molecule has 4 nitrogen and oxygen atoms in total. The van der Waals surface area contributed by atoms with Crippen LogP contribution in [-0.2, 0) is 4.79 Å². The van der Waals surface area contributed by atoms with Crippen molar-refractivity contribution >= 4 is 5.91 Å². The molecule has 0 radical (unpaired) electrons. The lowest BCUT2D eigenvalue weighted by Crippen LogP contribution is -2.38. The average molecular weight is 214 g/mol. The number of likely N-dealkylation sites (tertiary alicyclic amines) is 1. The topological polar surface area (TPSA) is 43.8 Å². The Bertz CT molecular complexity index is 201. The Hall–Kier alpha value is -0.610. The maximum absolute atomic E-state index is 11.4. The molecule has 0 aromatic carbocycles. The van der Waals surface area contributed by atoms with Crippen LogP contribution in [0.1, 0.15) is 19.3 Å². The van der Waals surface area contributed by atoms with Gasteiger partial charge in [-0.15, -0.1) is 0 Å². The van der Waals surface area contributed by atoms with E-state index >= 15 is 0 Å². The first-order chi connectivity index (χ1) is 7.13. The van der Waals surface area contributed by atoms with Gasteiger partial charge < -0.3 is 14.9 Å². The Labute approximate surface area is 91.9 Å². The fourth-order valence-corrected chi connectivity index (χ4v) is 2.02. The predicted octanol–water partition coefficient (Wildman–Crippen LogP) is 0.169. The molecular weight excluding hydrogens is 192 g/mol. The molecule has 0 unspecified atom stereocenters. The van der Waals surface area contributed by atoms with Crippen molar-refractivity contribution in [1.29, 1.82) is 0 Å². The molecule has 0 spiro atoms. The van der Waals surface area contributed by atoms with E-state index < -0.39 is 0 Å². The van der Waals surface area contributed by atoms with Crippen LogP contribution in [0.25, 0.3) is 0 Å². The summed E-state index contributed by atoms with van der Waals surface area (Å²) in [5.74, 6) is 0.685. The third-order valence-corrected chi connectivity index (χ3v) is 3.12. The first-order valence-electron chi connectivity index (χ1n) is 5.67. The second-order valence-electron chi connectivity index (χ2n) is 4.49. The highest BCUT2D eigenvalue weighted by molar-refractivity contribution is 5.75. The lowest BCUT2D eigenvalue weighted by atomic mass is 9.96. The monoisotopic (exact) mass is 214 g/mol. The van der Waals surface area contributed by atoms with Crippen molar-refractivity contribution in [2.45, 2.75) is 19.3 Å². The van der Waals surface area contributed by atoms with E-state index in [1.165, 1.54) is 12.8 Å². The van der Waals surface area contributed by atoms with Crippen LogP contribution in [0, 0.1) is 5.92 Å². The molecular formula is C11H22N2O2. The lowest BCUT2D eigenvalue weighted by molar-refractivity contribution is -0.131. The van der Waals surface area contributed by atoms with Crippen molar-refractivity contribution in [3.8, 4) is 0 Å². The first-order valence-corrected chi connectivity index (χ1v) is 5.67. The zero-order chi connectivity index (χ0) is 11.3. The summed E-state index contributed by atoms with van der Waals surface area (Å²) in [4.78, 5) is 15.5. The zero-order valence-corrected chi connectivity index (χ0v) is 9.78. The van der Waals surface area contributed by atoms with Gasteiger partial charge in [0.05, 0.1) is 6.61 Å². The quantitative estimate of drug-likeness (QED) is 0.725. The number of hydrogen-bond donors (Lipinski definition) is 1. The summed E-state index contributed by atoms with van der Waals surface area (Å²) in [5.41, 5.74) is 0. The van der Waals surface area contributed by atoms with Gasteiger partial charge in [-0.3, -0.25) is 4.79 Å². The average Bonchev–Trinajstić information content (AvgIpc) is 2.22. The van der Waals surface area contributed by atoms with E-state index in [9.17, 15) is 4.79 Å². The Morgan fingerprint density at radius 2 is 2.07 bits per heavy atom. The molecule has 1 rings (SSSR count). The second kappa shape index (κ2) is 6.08. The molecule has 0 aromatic rings. The third kappa shape index (κ3) is 4.18. The summed E-state index contributed by atoms with van der Waals surface area (Å²) in [5, 5.41) is 8.67. The van der Waals surface area contributed by atoms with Gasteiger partial charge in [-0.25, -0.2) is 0 Å². The fourth-order valence-electron chi connectivity index (χ4n) is 2.02. The van der Waals surface area contributed by atoms with E-state index in [1.807, 2.05) is 7.05 Å². The van der Waals surface area contributed by atoms with Crippen LogP contribution in [0.3, 0.4) is 0 Å². The maximum atomic E-state index is 11.4. The number of aliphatic hydroxyl groups is 1. The number of amides is 1. The van der Waals surface area contributed by atoms with Crippen LogP contribution in [0.4, 0.5) is 0 Å². The summed E-state index contributed by atoms with van der Waals surface area (Å²) in [6.07, 6.45) is 2.60. The van der Waals surface area contributed by atoms with Gasteiger partial charge in [-0.2, -0.15) is 0 Å². The molecule has 1 amide bonds. The van der Waals surface area contributed by atoms with E-state index in [4.69, 9.17) is 5.11 Å². The molecule has 0 atom stereocenters. The molecule has 1 N–H and O–H groups in total. The molecule has 1 aliphatic rings. The maximum Gasteiger partial charge on any atom is 0.224 e. The number of aliphatic hydroxyl groups excluding tert-OH is 1. The summed E-state index contributed by atoms with van der Waals surface area (Å²) < 4.78 is 0. The van der Waals surface area contributed by atoms with Crippen LogP contribution < -0.4 is 0 Å². The highest BCUT2D eigenvalue weighted by Crippen LogP contribution is 2.16. The molecule has 88 valence electrons. The number of carbonyl (C=O) groups is 1. The molecule has 1 aliphatic heterocycles. The van der Waals surface area contributed by atoms with E-state index in [0.29, 0.717) is 5.92 Å². The summed E-state index contributed by atoms with van der Waals surface area (Å²) in [7, 11) is 3.97.